The van der Waals surface area contributed by atoms with Crippen LogP contribution in [-0.4, -0.2) is 20.3 Å². The van der Waals surface area contributed by atoms with Crippen LogP contribution in [0.15, 0.2) is 36.4 Å². The van der Waals surface area contributed by atoms with Crippen molar-refractivity contribution in [2.45, 2.75) is 6.54 Å². The van der Waals surface area contributed by atoms with Crippen LogP contribution >= 0.6 is 0 Å². The van der Waals surface area contributed by atoms with Crippen molar-refractivity contribution in [1.29, 1.82) is 0 Å². The van der Waals surface area contributed by atoms with Gasteiger partial charge < -0.3 is 14.8 Å². The molecular weight excluding hydrogens is 257 g/mol. The van der Waals surface area contributed by atoms with E-state index in [9.17, 15) is 4.39 Å². The van der Waals surface area contributed by atoms with Crippen LogP contribution in [0.4, 0.5) is 4.39 Å². The maximum absolute atomic E-state index is 14.0. The first-order valence-corrected chi connectivity index (χ1v) is 6.61. The minimum Gasteiger partial charge on any atom is -0.486 e. The Hall–Kier alpha value is -2.07. The third kappa shape index (κ3) is 2.47. The van der Waals surface area contributed by atoms with E-state index in [1.165, 1.54) is 6.07 Å². The van der Waals surface area contributed by atoms with Crippen LogP contribution in [0.25, 0.3) is 11.1 Å². The van der Waals surface area contributed by atoms with Crippen LogP contribution in [0.2, 0.25) is 0 Å². The van der Waals surface area contributed by atoms with Gasteiger partial charge in [0, 0.05) is 12.1 Å². The van der Waals surface area contributed by atoms with E-state index in [2.05, 4.69) is 5.32 Å². The van der Waals surface area contributed by atoms with Crippen LogP contribution < -0.4 is 14.8 Å². The number of fused-ring (bicyclic) bond motifs is 1. The van der Waals surface area contributed by atoms with E-state index in [0.717, 1.165) is 11.1 Å². The summed E-state index contributed by atoms with van der Waals surface area (Å²) in [5.41, 5.74) is 2.42. The molecule has 0 aromatic heterocycles. The minimum absolute atomic E-state index is 0.235. The smallest absolute Gasteiger partial charge is 0.161 e. The van der Waals surface area contributed by atoms with Gasteiger partial charge in [-0.15, -0.1) is 0 Å². The fourth-order valence-electron chi connectivity index (χ4n) is 2.32. The van der Waals surface area contributed by atoms with Gasteiger partial charge in [-0.25, -0.2) is 4.39 Å². The molecule has 20 heavy (non-hydrogen) atoms. The van der Waals surface area contributed by atoms with Gasteiger partial charge in [-0.3, -0.25) is 0 Å². The molecule has 0 saturated heterocycles. The highest BCUT2D eigenvalue weighted by Crippen LogP contribution is 2.35. The highest BCUT2D eigenvalue weighted by atomic mass is 19.1. The molecule has 0 atom stereocenters. The minimum atomic E-state index is -0.235. The average molecular weight is 273 g/mol. The van der Waals surface area contributed by atoms with E-state index in [-0.39, 0.29) is 5.82 Å². The first kappa shape index (κ1) is 12.9. The van der Waals surface area contributed by atoms with Crippen LogP contribution in [0.1, 0.15) is 5.56 Å². The summed E-state index contributed by atoms with van der Waals surface area (Å²) >= 11 is 0. The molecular formula is C16H16FNO2. The van der Waals surface area contributed by atoms with Gasteiger partial charge >= 0.3 is 0 Å². The summed E-state index contributed by atoms with van der Waals surface area (Å²) in [7, 11) is 1.87. The van der Waals surface area contributed by atoms with Gasteiger partial charge in [0.2, 0.25) is 0 Å². The summed E-state index contributed by atoms with van der Waals surface area (Å²) in [6, 6.07) is 10.7. The first-order chi connectivity index (χ1) is 9.78. The number of ether oxygens (including phenoxy) is 2. The summed E-state index contributed by atoms with van der Waals surface area (Å²) in [6.07, 6.45) is 0. The van der Waals surface area contributed by atoms with Crippen molar-refractivity contribution in [2.75, 3.05) is 20.3 Å². The number of nitrogens with one attached hydrogen (secondary N) is 1. The quantitative estimate of drug-likeness (QED) is 0.932. The molecule has 0 radical (unpaired) electrons. The molecule has 1 aliphatic rings. The second-order valence-corrected chi connectivity index (χ2v) is 4.70. The molecule has 2 aromatic carbocycles. The second kappa shape index (κ2) is 5.51. The molecule has 3 nitrogen and oxygen atoms in total. The molecule has 3 rings (SSSR count). The Bertz CT molecular complexity index is 628. The summed E-state index contributed by atoms with van der Waals surface area (Å²) < 4.78 is 25.1. The molecule has 0 bridgehead atoms. The van der Waals surface area contributed by atoms with Crippen LogP contribution in [0, 0.1) is 5.82 Å². The molecule has 0 aliphatic carbocycles. The molecule has 1 N–H and O–H groups in total. The lowest BCUT2D eigenvalue weighted by atomic mass is 10.0. The molecule has 0 fully saturated rings. The fraction of sp³-hybridized carbons (Fsp3) is 0.250. The molecule has 0 saturated carbocycles. The van der Waals surface area contributed by atoms with Gasteiger partial charge in [0.05, 0.1) is 0 Å². The predicted molar refractivity (Wildman–Crippen MR) is 75.6 cm³/mol. The van der Waals surface area contributed by atoms with Gasteiger partial charge in [-0.1, -0.05) is 12.1 Å². The van der Waals surface area contributed by atoms with Crippen LogP contribution in [0.3, 0.4) is 0 Å². The molecule has 1 aliphatic heterocycles. The van der Waals surface area contributed by atoms with Crippen molar-refractivity contribution in [3.05, 3.63) is 47.8 Å². The first-order valence-electron chi connectivity index (χ1n) is 6.61. The van der Waals surface area contributed by atoms with E-state index < -0.39 is 0 Å². The summed E-state index contributed by atoms with van der Waals surface area (Å²) in [4.78, 5) is 0. The Labute approximate surface area is 117 Å². The Balaban J connectivity index is 2.01. The highest BCUT2D eigenvalue weighted by Gasteiger charge is 2.14. The molecule has 1 heterocycles. The SMILES string of the molecule is CNCc1ccc(F)c(-c2ccc3c(c2)OCCO3)c1. The van der Waals surface area contributed by atoms with Crippen molar-refractivity contribution >= 4 is 0 Å². The van der Waals surface area contributed by atoms with Crippen molar-refractivity contribution < 1.29 is 13.9 Å². The van der Waals surface area contributed by atoms with E-state index in [4.69, 9.17) is 9.47 Å². The lowest BCUT2D eigenvalue weighted by Crippen LogP contribution is -2.15. The Morgan fingerprint density at radius 3 is 2.65 bits per heavy atom. The van der Waals surface area contributed by atoms with E-state index in [0.29, 0.717) is 36.8 Å². The van der Waals surface area contributed by atoms with Crippen LogP contribution in [0.5, 0.6) is 11.5 Å². The Kier molecular flexibility index (Phi) is 3.56. The number of rotatable bonds is 3. The number of benzene rings is 2. The molecule has 0 spiro atoms. The third-order valence-corrected chi connectivity index (χ3v) is 3.26. The number of hydrogen-bond acceptors (Lipinski definition) is 3. The molecule has 104 valence electrons. The summed E-state index contributed by atoms with van der Waals surface area (Å²) in [6.45, 7) is 1.79. The number of halogens is 1. The van der Waals surface area contributed by atoms with Crippen molar-refractivity contribution in [3.63, 3.8) is 0 Å². The lowest BCUT2D eigenvalue weighted by Gasteiger charge is -2.19. The zero-order valence-electron chi connectivity index (χ0n) is 11.3. The molecule has 2 aromatic rings. The molecule has 0 amide bonds. The maximum atomic E-state index is 14.0. The largest absolute Gasteiger partial charge is 0.486 e. The third-order valence-electron chi connectivity index (χ3n) is 3.26. The van der Waals surface area contributed by atoms with Gasteiger partial charge in [0.25, 0.3) is 0 Å². The second-order valence-electron chi connectivity index (χ2n) is 4.70. The van der Waals surface area contributed by atoms with Gasteiger partial charge in [-0.05, 0) is 42.4 Å². The number of hydrogen-bond donors (Lipinski definition) is 1. The monoisotopic (exact) mass is 273 g/mol. The van der Waals surface area contributed by atoms with Crippen molar-refractivity contribution in [3.8, 4) is 22.6 Å². The lowest BCUT2D eigenvalue weighted by molar-refractivity contribution is 0.171. The standard InChI is InChI=1S/C16H16FNO2/c1-18-10-11-2-4-14(17)13(8-11)12-3-5-15-16(9-12)20-7-6-19-15/h2-5,8-9,18H,6-7,10H2,1H3. The highest BCUT2D eigenvalue weighted by molar-refractivity contribution is 5.68. The van der Waals surface area contributed by atoms with Gasteiger partial charge in [-0.2, -0.15) is 0 Å². The molecule has 4 heteroatoms. The van der Waals surface area contributed by atoms with Gasteiger partial charge in [0.1, 0.15) is 19.0 Å². The van der Waals surface area contributed by atoms with Crippen molar-refractivity contribution in [2.24, 2.45) is 0 Å². The van der Waals surface area contributed by atoms with E-state index >= 15 is 0 Å². The van der Waals surface area contributed by atoms with E-state index in [1.54, 1.807) is 6.07 Å². The summed E-state index contributed by atoms with van der Waals surface area (Å²) in [5.74, 6) is 1.15. The average Bonchev–Trinajstić information content (AvgIpc) is 2.49. The zero-order chi connectivity index (χ0) is 13.9. The normalized spacial score (nSPS) is 13.3. The van der Waals surface area contributed by atoms with Crippen molar-refractivity contribution in [1.82, 2.24) is 5.32 Å². The fourth-order valence-corrected chi connectivity index (χ4v) is 2.32. The van der Waals surface area contributed by atoms with E-state index in [1.807, 2.05) is 31.3 Å². The Morgan fingerprint density at radius 2 is 1.85 bits per heavy atom. The maximum Gasteiger partial charge on any atom is 0.161 e. The summed E-state index contributed by atoms with van der Waals surface area (Å²) in [5, 5.41) is 3.06. The van der Waals surface area contributed by atoms with Crippen LogP contribution in [-0.2, 0) is 6.54 Å². The topological polar surface area (TPSA) is 30.5 Å². The van der Waals surface area contributed by atoms with Gasteiger partial charge in [0.15, 0.2) is 11.5 Å². The predicted octanol–water partition coefficient (Wildman–Crippen LogP) is 2.98. The Morgan fingerprint density at radius 1 is 1.05 bits per heavy atom. The zero-order valence-corrected chi connectivity index (χ0v) is 11.3. The molecule has 0 unspecified atom stereocenters.